The Morgan fingerprint density at radius 2 is 1.85 bits per heavy atom. The van der Waals surface area contributed by atoms with Gasteiger partial charge >= 0.3 is 12.1 Å². The Hall–Kier alpha value is -1.30. The summed E-state index contributed by atoms with van der Waals surface area (Å²) in [5.41, 5.74) is -1.60. The van der Waals surface area contributed by atoms with Crippen molar-refractivity contribution in [3.63, 3.8) is 0 Å². The van der Waals surface area contributed by atoms with Crippen molar-refractivity contribution in [1.82, 2.24) is 4.90 Å². The SMILES string of the molecule is CC(C)(C)OC(=O)N1[C@@H](C2CC2)[C@@H](C(=O)O)OC1(C)C. The van der Waals surface area contributed by atoms with Crippen molar-refractivity contribution in [2.75, 3.05) is 0 Å². The number of carbonyl (C=O) groups is 2. The molecule has 1 heterocycles. The predicted molar refractivity (Wildman–Crippen MR) is 71.2 cm³/mol. The van der Waals surface area contributed by atoms with Crippen molar-refractivity contribution < 1.29 is 24.2 Å². The first-order valence-corrected chi connectivity index (χ1v) is 6.96. The normalized spacial score (nSPS) is 29.4. The summed E-state index contributed by atoms with van der Waals surface area (Å²) < 4.78 is 11.0. The predicted octanol–water partition coefficient (Wildman–Crippen LogP) is 2.22. The molecule has 2 atom stereocenters. The standard InChI is InChI=1S/C14H23NO5/c1-13(2,3)20-12(18)15-9(8-6-7-8)10(11(16)17)19-14(15,4)5/h8-10H,6-7H2,1-5H3,(H,16,17)/t9-,10-/m0/s1. The van der Waals surface area contributed by atoms with Crippen LogP contribution in [0.15, 0.2) is 0 Å². The highest BCUT2D eigenvalue weighted by Gasteiger charge is 2.58. The van der Waals surface area contributed by atoms with Gasteiger partial charge in [0.2, 0.25) is 0 Å². The van der Waals surface area contributed by atoms with E-state index in [1.54, 1.807) is 34.6 Å². The molecule has 0 aromatic carbocycles. The first-order valence-electron chi connectivity index (χ1n) is 6.96. The lowest BCUT2D eigenvalue weighted by Crippen LogP contribution is -2.51. The molecule has 0 spiro atoms. The van der Waals surface area contributed by atoms with Crippen LogP contribution in [0, 0.1) is 5.92 Å². The summed E-state index contributed by atoms with van der Waals surface area (Å²) in [7, 11) is 0. The van der Waals surface area contributed by atoms with Gasteiger partial charge in [0, 0.05) is 0 Å². The lowest BCUT2D eigenvalue weighted by atomic mass is 10.1. The summed E-state index contributed by atoms with van der Waals surface area (Å²) in [6, 6.07) is -0.447. The van der Waals surface area contributed by atoms with E-state index in [1.807, 2.05) is 0 Å². The van der Waals surface area contributed by atoms with Crippen molar-refractivity contribution in [1.29, 1.82) is 0 Å². The average Bonchev–Trinajstić information content (AvgIpc) is 2.99. The number of nitrogens with zero attached hydrogens (tertiary/aromatic N) is 1. The molecule has 0 aromatic rings. The van der Waals surface area contributed by atoms with E-state index in [2.05, 4.69) is 0 Å². The van der Waals surface area contributed by atoms with Gasteiger partial charge < -0.3 is 14.6 Å². The zero-order valence-corrected chi connectivity index (χ0v) is 12.7. The first-order chi connectivity index (χ1) is 9.03. The minimum atomic E-state index is -1.03. The van der Waals surface area contributed by atoms with Crippen LogP contribution in [0.3, 0.4) is 0 Å². The number of hydrogen-bond acceptors (Lipinski definition) is 4. The fourth-order valence-electron chi connectivity index (χ4n) is 2.68. The van der Waals surface area contributed by atoms with Gasteiger partial charge in [-0.25, -0.2) is 9.59 Å². The van der Waals surface area contributed by atoms with E-state index in [0.29, 0.717) is 0 Å². The van der Waals surface area contributed by atoms with Gasteiger partial charge in [0.05, 0.1) is 6.04 Å². The van der Waals surface area contributed by atoms with Crippen LogP contribution < -0.4 is 0 Å². The Kier molecular flexibility index (Phi) is 3.48. The van der Waals surface area contributed by atoms with Crippen molar-refractivity contribution in [2.24, 2.45) is 5.92 Å². The second kappa shape index (κ2) is 4.62. The van der Waals surface area contributed by atoms with E-state index in [0.717, 1.165) is 12.8 Å². The van der Waals surface area contributed by atoms with E-state index in [-0.39, 0.29) is 5.92 Å². The topological polar surface area (TPSA) is 76.1 Å². The Morgan fingerprint density at radius 3 is 2.25 bits per heavy atom. The third kappa shape index (κ3) is 2.90. The molecule has 6 heteroatoms. The van der Waals surface area contributed by atoms with Crippen molar-refractivity contribution in [2.45, 2.75) is 70.9 Å². The smallest absolute Gasteiger partial charge is 0.412 e. The monoisotopic (exact) mass is 285 g/mol. The lowest BCUT2D eigenvalue weighted by Gasteiger charge is -2.35. The Balaban J connectivity index is 2.27. The number of carbonyl (C=O) groups excluding carboxylic acids is 1. The Labute approximate surface area is 119 Å². The van der Waals surface area contributed by atoms with Gasteiger partial charge in [0.25, 0.3) is 0 Å². The van der Waals surface area contributed by atoms with E-state index < -0.39 is 35.5 Å². The van der Waals surface area contributed by atoms with Crippen LogP contribution in [0.1, 0.15) is 47.5 Å². The van der Waals surface area contributed by atoms with Crippen LogP contribution in [0.2, 0.25) is 0 Å². The van der Waals surface area contributed by atoms with Crippen LogP contribution in [0.25, 0.3) is 0 Å². The van der Waals surface area contributed by atoms with Crippen molar-refractivity contribution >= 4 is 12.1 Å². The van der Waals surface area contributed by atoms with Gasteiger partial charge in [-0.1, -0.05) is 0 Å². The molecule has 0 unspecified atom stereocenters. The van der Waals surface area contributed by atoms with Crippen LogP contribution in [-0.4, -0.2) is 45.5 Å². The highest BCUT2D eigenvalue weighted by atomic mass is 16.6. The molecular weight excluding hydrogens is 262 g/mol. The third-order valence-electron chi connectivity index (χ3n) is 3.54. The molecule has 1 saturated carbocycles. The minimum Gasteiger partial charge on any atom is -0.479 e. The fraction of sp³-hybridized carbons (Fsp3) is 0.857. The van der Waals surface area contributed by atoms with Crippen molar-refractivity contribution in [3.8, 4) is 0 Å². The van der Waals surface area contributed by atoms with Crippen LogP contribution in [-0.2, 0) is 14.3 Å². The summed E-state index contributed by atoms with van der Waals surface area (Å²) in [6.07, 6.45) is 0.355. The molecule has 2 aliphatic rings. The van der Waals surface area contributed by atoms with Crippen LogP contribution in [0.5, 0.6) is 0 Å². The number of carboxylic acid groups (broad SMARTS) is 1. The van der Waals surface area contributed by atoms with E-state index >= 15 is 0 Å². The number of carboxylic acids is 1. The van der Waals surface area contributed by atoms with Gasteiger partial charge in [-0.2, -0.15) is 0 Å². The lowest BCUT2D eigenvalue weighted by molar-refractivity contribution is -0.155. The Morgan fingerprint density at radius 1 is 1.30 bits per heavy atom. The average molecular weight is 285 g/mol. The first kappa shape index (κ1) is 15.1. The van der Waals surface area contributed by atoms with Crippen LogP contribution in [0.4, 0.5) is 4.79 Å². The maximum Gasteiger partial charge on any atom is 0.412 e. The molecule has 2 fully saturated rings. The summed E-state index contributed by atoms with van der Waals surface area (Å²) in [5, 5.41) is 9.32. The molecule has 20 heavy (non-hydrogen) atoms. The molecule has 1 aliphatic carbocycles. The minimum absolute atomic E-state index is 0.186. The molecule has 1 aliphatic heterocycles. The highest BCUT2D eigenvalue weighted by molar-refractivity contribution is 5.77. The van der Waals surface area contributed by atoms with E-state index in [4.69, 9.17) is 9.47 Å². The van der Waals surface area contributed by atoms with Crippen LogP contribution >= 0.6 is 0 Å². The Bertz CT molecular complexity index is 422. The summed E-state index contributed by atoms with van der Waals surface area (Å²) in [4.78, 5) is 25.3. The quantitative estimate of drug-likeness (QED) is 0.842. The molecule has 2 rings (SSSR count). The summed E-state index contributed by atoms with van der Waals surface area (Å²) in [5.74, 6) is -0.841. The van der Waals surface area contributed by atoms with Gasteiger partial charge in [-0.3, -0.25) is 4.90 Å². The number of rotatable bonds is 2. The van der Waals surface area contributed by atoms with Crippen molar-refractivity contribution in [3.05, 3.63) is 0 Å². The molecular formula is C14H23NO5. The zero-order valence-electron chi connectivity index (χ0n) is 12.7. The van der Waals surface area contributed by atoms with Gasteiger partial charge in [-0.05, 0) is 53.4 Å². The molecule has 0 bridgehead atoms. The molecule has 0 radical (unpaired) electrons. The molecule has 1 saturated heterocycles. The maximum atomic E-state index is 12.4. The number of ether oxygens (including phenoxy) is 2. The largest absolute Gasteiger partial charge is 0.479 e. The number of amides is 1. The summed E-state index contributed by atoms with van der Waals surface area (Å²) >= 11 is 0. The van der Waals surface area contributed by atoms with Gasteiger partial charge in [0.15, 0.2) is 6.10 Å². The molecule has 114 valence electrons. The van der Waals surface area contributed by atoms with E-state index in [9.17, 15) is 14.7 Å². The zero-order chi connectivity index (χ0) is 15.3. The second-order valence-electron chi connectivity index (χ2n) is 7.00. The van der Waals surface area contributed by atoms with Gasteiger partial charge in [0.1, 0.15) is 11.3 Å². The van der Waals surface area contributed by atoms with E-state index in [1.165, 1.54) is 4.90 Å². The maximum absolute atomic E-state index is 12.4. The number of aliphatic carboxylic acids is 1. The molecule has 1 amide bonds. The van der Waals surface area contributed by atoms with Gasteiger partial charge in [-0.15, -0.1) is 0 Å². The summed E-state index contributed by atoms with van der Waals surface area (Å²) in [6.45, 7) is 8.77. The number of hydrogen-bond donors (Lipinski definition) is 1. The molecule has 6 nitrogen and oxygen atoms in total. The highest BCUT2D eigenvalue weighted by Crippen LogP contribution is 2.45. The molecule has 0 aromatic heterocycles. The molecule has 1 N–H and O–H groups in total. The fourth-order valence-corrected chi connectivity index (χ4v) is 2.68. The third-order valence-corrected chi connectivity index (χ3v) is 3.54. The second-order valence-corrected chi connectivity index (χ2v) is 7.00.